The van der Waals surface area contributed by atoms with Crippen molar-refractivity contribution in [2.24, 2.45) is 11.8 Å². The Morgan fingerprint density at radius 3 is 1.40 bits per heavy atom. The maximum Gasteiger partial charge on any atom is 0.0202 e. The van der Waals surface area contributed by atoms with Crippen LogP contribution in [-0.4, -0.2) is 9.52 Å². The molecule has 0 aliphatic carbocycles. The van der Waals surface area contributed by atoms with Gasteiger partial charge in [-0.05, 0) is 0 Å². The molecule has 0 atom stereocenters. The summed E-state index contributed by atoms with van der Waals surface area (Å²) in [4.78, 5) is 0. The molecule has 0 aromatic carbocycles. The van der Waals surface area contributed by atoms with Gasteiger partial charge in [0.25, 0.3) is 0 Å². The van der Waals surface area contributed by atoms with Crippen LogP contribution in [0.25, 0.3) is 0 Å². The van der Waals surface area contributed by atoms with E-state index in [-0.39, 0.29) is 12.4 Å². The summed E-state index contributed by atoms with van der Waals surface area (Å²) in [5.41, 5.74) is 0. The van der Waals surface area contributed by atoms with E-state index in [1.54, 1.807) is 0 Å². The molecule has 0 aliphatic heterocycles. The monoisotopic (exact) mass is 180 g/mol. The van der Waals surface area contributed by atoms with E-state index >= 15 is 0 Å². The predicted octanol–water partition coefficient (Wildman–Crippen LogP) is 2.73. The molecule has 0 aromatic heterocycles. The Morgan fingerprint density at radius 1 is 0.900 bits per heavy atom. The van der Waals surface area contributed by atoms with Crippen LogP contribution in [0.4, 0.5) is 0 Å². The normalized spacial score (nSPS) is 10.2. The van der Waals surface area contributed by atoms with Crippen molar-refractivity contribution in [3.05, 3.63) is 0 Å². The first-order valence-electron chi connectivity index (χ1n) is 4.13. The fourth-order valence-electron chi connectivity index (χ4n) is 0.934. The Bertz CT molecular complexity index is 54.3. The van der Waals surface area contributed by atoms with Gasteiger partial charge in [0.2, 0.25) is 0 Å². The largest absolute Gasteiger partial charge is 0.147 e. The minimum Gasteiger partial charge on any atom is -0.147 e. The summed E-state index contributed by atoms with van der Waals surface area (Å²) in [6.45, 7) is 9.31. The lowest BCUT2D eigenvalue weighted by atomic mass is 10.3. The lowest BCUT2D eigenvalue weighted by Gasteiger charge is -2.04. The zero-order valence-electron chi connectivity index (χ0n) is 7.68. The lowest BCUT2D eigenvalue weighted by Crippen LogP contribution is -1.99. The van der Waals surface area contributed by atoms with Gasteiger partial charge in [0, 0.05) is 9.52 Å². The number of halogens is 1. The van der Waals surface area contributed by atoms with Gasteiger partial charge in [-0.2, -0.15) is 0 Å². The molecule has 0 nitrogen and oxygen atoms in total. The topological polar surface area (TPSA) is 0 Å². The van der Waals surface area contributed by atoms with E-state index < -0.39 is 0 Å². The van der Waals surface area contributed by atoms with Crippen LogP contribution in [0, 0.1) is 11.8 Å². The van der Waals surface area contributed by atoms with Crippen molar-refractivity contribution < 1.29 is 0 Å². The van der Waals surface area contributed by atoms with E-state index in [1.807, 2.05) is 0 Å². The molecule has 0 heterocycles. The number of hydrogen-bond donors (Lipinski definition) is 0. The predicted molar refractivity (Wildman–Crippen MR) is 55.1 cm³/mol. The Hall–Kier alpha value is 0.507. The molecular weight excluding hydrogens is 160 g/mol. The van der Waals surface area contributed by atoms with Crippen LogP contribution in [0.2, 0.25) is 12.1 Å². The highest BCUT2D eigenvalue weighted by Crippen LogP contribution is 2.05. The van der Waals surface area contributed by atoms with Crippen molar-refractivity contribution in [2.45, 2.75) is 39.8 Å². The first-order valence-corrected chi connectivity index (χ1v) is 6.13. The average Bonchev–Trinajstić information content (AvgIpc) is 1.63. The molecule has 0 radical (unpaired) electrons. The fourth-order valence-corrected chi connectivity index (χ4v) is 2.80. The minimum absolute atomic E-state index is 0. The van der Waals surface area contributed by atoms with Gasteiger partial charge in [-0.1, -0.05) is 51.6 Å². The molecule has 0 aliphatic rings. The van der Waals surface area contributed by atoms with Gasteiger partial charge in [0.15, 0.2) is 0 Å². The smallest absolute Gasteiger partial charge is 0.0202 e. The molecular formula is C8H21ClSi. The molecule has 0 bridgehead atoms. The van der Waals surface area contributed by atoms with Gasteiger partial charge in [-0.15, -0.1) is 12.4 Å². The van der Waals surface area contributed by atoms with E-state index in [0.29, 0.717) is 9.52 Å². The molecule has 0 amide bonds. The third-order valence-corrected chi connectivity index (χ3v) is 4.69. The van der Waals surface area contributed by atoms with Crippen LogP contribution < -0.4 is 0 Å². The van der Waals surface area contributed by atoms with E-state index in [0.717, 1.165) is 11.8 Å². The van der Waals surface area contributed by atoms with Crippen LogP contribution in [-0.2, 0) is 0 Å². The standard InChI is InChI=1S/C8H20Si.ClH/c1-7(2)5-9-6-8(3)4;/h7-8H,5-6,9H2,1-4H3;1H. The maximum absolute atomic E-state index is 2.33. The molecule has 2 heteroatoms. The second-order valence-electron chi connectivity index (χ2n) is 3.72. The molecule has 0 saturated heterocycles. The summed E-state index contributed by atoms with van der Waals surface area (Å²) < 4.78 is 0. The summed E-state index contributed by atoms with van der Waals surface area (Å²) in [5, 5.41) is 0. The Labute approximate surface area is 74.0 Å². The van der Waals surface area contributed by atoms with Crippen LogP contribution in [0.1, 0.15) is 27.7 Å². The van der Waals surface area contributed by atoms with E-state index in [4.69, 9.17) is 0 Å². The summed E-state index contributed by atoms with van der Waals surface area (Å²) >= 11 is 0. The number of hydrogen-bond acceptors (Lipinski definition) is 0. The molecule has 64 valence electrons. The zero-order valence-corrected chi connectivity index (χ0v) is 9.91. The Balaban J connectivity index is 0. The highest BCUT2D eigenvalue weighted by molar-refractivity contribution is 6.35. The van der Waals surface area contributed by atoms with Crippen molar-refractivity contribution in [1.29, 1.82) is 0 Å². The summed E-state index contributed by atoms with van der Waals surface area (Å²) in [7, 11) is 0.316. The zero-order chi connectivity index (χ0) is 7.28. The van der Waals surface area contributed by atoms with Crippen LogP contribution in [0.3, 0.4) is 0 Å². The van der Waals surface area contributed by atoms with Crippen molar-refractivity contribution in [1.82, 2.24) is 0 Å². The highest BCUT2D eigenvalue weighted by Gasteiger charge is 1.96. The van der Waals surface area contributed by atoms with Crippen molar-refractivity contribution in [2.75, 3.05) is 0 Å². The van der Waals surface area contributed by atoms with Crippen molar-refractivity contribution in [3.8, 4) is 0 Å². The summed E-state index contributed by atoms with van der Waals surface area (Å²) in [6.07, 6.45) is 0. The van der Waals surface area contributed by atoms with E-state index in [1.165, 1.54) is 12.1 Å². The third-order valence-electron chi connectivity index (χ3n) is 1.56. The van der Waals surface area contributed by atoms with Gasteiger partial charge in [-0.3, -0.25) is 0 Å². The second-order valence-corrected chi connectivity index (χ2v) is 5.58. The van der Waals surface area contributed by atoms with Gasteiger partial charge >= 0.3 is 0 Å². The van der Waals surface area contributed by atoms with Crippen LogP contribution >= 0.6 is 12.4 Å². The molecule has 0 N–H and O–H groups in total. The Kier molecular flexibility index (Phi) is 9.99. The van der Waals surface area contributed by atoms with E-state index in [2.05, 4.69) is 27.7 Å². The molecule has 0 fully saturated rings. The molecule has 0 aromatic rings. The van der Waals surface area contributed by atoms with Crippen LogP contribution in [0.5, 0.6) is 0 Å². The number of rotatable bonds is 4. The summed E-state index contributed by atoms with van der Waals surface area (Å²) in [6, 6.07) is 3.08. The van der Waals surface area contributed by atoms with Gasteiger partial charge in [-0.25, -0.2) is 0 Å². The second kappa shape index (κ2) is 7.61. The maximum atomic E-state index is 2.33. The average molecular weight is 181 g/mol. The van der Waals surface area contributed by atoms with Gasteiger partial charge in [0.1, 0.15) is 0 Å². The first kappa shape index (κ1) is 13.1. The lowest BCUT2D eigenvalue weighted by molar-refractivity contribution is 0.700. The van der Waals surface area contributed by atoms with Crippen LogP contribution in [0.15, 0.2) is 0 Å². The fraction of sp³-hybridized carbons (Fsp3) is 1.00. The Morgan fingerprint density at radius 2 is 1.20 bits per heavy atom. The molecule has 0 rings (SSSR count). The molecule has 10 heavy (non-hydrogen) atoms. The minimum atomic E-state index is 0. The quantitative estimate of drug-likeness (QED) is 0.584. The molecule has 0 spiro atoms. The van der Waals surface area contributed by atoms with Crippen molar-refractivity contribution >= 4 is 21.9 Å². The third kappa shape index (κ3) is 11.3. The van der Waals surface area contributed by atoms with Gasteiger partial charge in [0.05, 0.1) is 0 Å². The van der Waals surface area contributed by atoms with Crippen molar-refractivity contribution in [3.63, 3.8) is 0 Å². The summed E-state index contributed by atoms with van der Waals surface area (Å²) in [5.74, 6) is 1.91. The molecule has 0 saturated carbocycles. The SMILES string of the molecule is CC(C)C[SiH2]CC(C)C.Cl. The van der Waals surface area contributed by atoms with E-state index in [9.17, 15) is 0 Å². The highest BCUT2D eigenvalue weighted by atomic mass is 35.5. The first-order chi connectivity index (χ1) is 4.13. The van der Waals surface area contributed by atoms with Gasteiger partial charge < -0.3 is 0 Å². The molecule has 0 unspecified atom stereocenters.